The van der Waals surface area contributed by atoms with Crippen LogP contribution in [0.3, 0.4) is 0 Å². The highest BCUT2D eigenvalue weighted by molar-refractivity contribution is 9.10. The second-order valence-electron chi connectivity index (χ2n) is 4.53. The third kappa shape index (κ3) is 4.02. The predicted molar refractivity (Wildman–Crippen MR) is 79.9 cm³/mol. The molecule has 0 aliphatic heterocycles. The van der Waals surface area contributed by atoms with Gasteiger partial charge in [0, 0.05) is 23.1 Å². The van der Waals surface area contributed by atoms with Crippen molar-refractivity contribution >= 4 is 39.1 Å². The highest BCUT2D eigenvalue weighted by atomic mass is 79.9. The Morgan fingerprint density at radius 1 is 1.39 bits per heavy atom. The van der Waals surface area contributed by atoms with Gasteiger partial charge in [-0.25, -0.2) is 0 Å². The fourth-order valence-corrected chi connectivity index (χ4v) is 2.47. The first-order valence-electron chi connectivity index (χ1n) is 6.14. The molecule has 0 heterocycles. The van der Waals surface area contributed by atoms with Crippen molar-refractivity contribution in [1.29, 1.82) is 0 Å². The topological polar surface area (TPSA) is 21.3 Å². The minimum absolute atomic E-state index is 0.125. The molecular formula is C13H16BrCl2NO. The fourth-order valence-electron chi connectivity index (χ4n) is 1.63. The second-order valence-corrected chi connectivity index (χ2v) is 6.20. The van der Waals surface area contributed by atoms with Crippen LogP contribution in [0, 0.1) is 0 Å². The van der Waals surface area contributed by atoms with Crippen molar-refractivity contribution in [2.24, 2.45) is 0 Å². The zero-order chi connectivity index (χ0) is 13.1. The van der Waals surface area contributed by atoms with E-state index in [0.717, 1.165) is 17.4 Å². The molecule has 0 aromatic heterocycles. The number of halogens is 3. The molecule has 1 N–H and O–H groups in total. The van der Waals surface area contributed by atoms with Crippen LogP contribution in [0.2, 0.25) is 10.0 Å². The van der Waals surface area contributed by atoms with Gasteiger partial charge in [0.05, 0.1) is 10.0 Å². The van der Waals surface area contributed by atoms with Crippen LogP contribution in [0.1, 0.15) is 26.2 Å². The molecule has 1 aliphatic carbocycles. The van der Waals surface area contributed by atoms with Gasteiger partial charge in [0.25, 0.3) is 0 Å². The Labute approximate surface area is 126 Å². The van der Waals surface area contributed by atoms with Gasteiger partial charge in [0.2, 0.25) is 0 Å². The summed E-state index contributed by atoms with van der Waals surface area (Å²) in [5, 5.41) is 4.65. The Balaban J connectivity index is 1.98. The Morgan fingerprint density at radius 3 is 2.72 bits per heavy atom. The van der Waals surface area contributed by atoms with E-state index in [2.05, 4.69) is 28.2 Å². The summed E-state index contributed by atoms with van der Waals surface area (Å²) in [6, 6.07) is 4.21. The van der Waals surface area contributed by atoms with Gasteiger partial charge in [0.1, 0.15) is 11.9 Å². The largest absolute Gasteiger partial charge is 0.487 e. The van der Waals surface area contributed by atoms with E-state index in [1.54, 1.807) is 12.1 Å². The minimum Gasteiger partial charge on any atom is -0.487 e. The van der Waals surface area contributed by atoms with Crippen molar-refractivity contribution in [1.82, 2.24) is 5.32 Å². The molecule has 0 saturated heterocycles. The van der Waals surface area contributed by atoms with Gasteiger partial charge in [-0.2, -0.15) is 0 Å². The van der Waals surface area contributed by atoms with Gasteiger partial charge in [0.15, 0.2) is 0 Å². The zero-order valence-electron chi connectivity index (χ0n) is 10.2. The van der Waals surface area contributed by atoms with Crippen LogP contribution in [0.5, 0.6) is 5.75 Å². The van der Waals surface area contributed by atoms with Crippen molar-refractivity contribution in [2.45, 2.75) is 38.3 Å². The van der Waals surface area contributed by atoms with Gasteiger partial charge < -0.3 is 10.1 Å². The van der Waals surface area contributed by atoms with Crippen LogP contribution < -0.4 is 10.1 Å². The van der Waals surface area contributed by atoms with Crippen molar-refractivity contribution < 1.29 is 4.74 Å². The predicted octanol–water partition coefficient (Wildman–Crippen LogP) is 4.67. The van der Waals surface area contributed by atoms with Crippen LogP contribution in [0.15, 0.2) is 16.6 Å². The highest BCUT2D eigenvalue weighted by Crippen LogP contribution is 2.34. The molecule has 0 bridgehead atoms. The molecule has 5 heteroatoms. The molecule has 1 saturated carbocycles. The maximum Gasteiger partial charge on any atom is 0.139 e. The van der Waals surface area contributed by atoms with Gasteiger partial charge in [-0.3, -0.25) is 0 Å². The summed E-state index contributed by atoms with van der Waals surface area (Å²) in [6.07, 6.45) is 3.62. The molecule has 1 aromatic rings. The summed E-state index contributed by atoms with van der Waals surface area (Å²) >= 11 is 15.5. The SMILES string of the molecule is CCC(CNC1CC1)Oc1cc(Cl)c(Br)cc1Cl. The highest BCUT2D eigenvalue weighted by Gasteiger charge is 2.22. The third-order valence-corrected chi connectivity index (χ3v) is 4.43. The lowest BCUT2D eigenvalue weighted by atomic mass is 10.2. The molecule has 1 fully saturated rings. The number of nitrogens with one attached hydrogen (secondary N) is 1. The van der Waals surface area contributed by atoms with Gasteiger partial charge >= 0.3 is 0 Å². The standard InChI is InChI=1S/C13H16BrCl2NO/c1-2-9(7-17-8-3-4-8)18-13-6-11(15)10(14)5-12(13)16/h5-6,8-9,17H,2-4,7H2,1H3. The van der Waals surface area contributed by atoms with Crippen molar-refractivity contribution in [2.75, 3.05) is 6.54 Å². The Hall–Kier alpha value is 0.0400. The number of rotatable bonds is 6. The van der Waals surface area contributed by atoms with E-state index in [0.29, 0.717) is 21.8 Å². The molecule has 2 nitrogen and oxygen atoms in total. The molecule has 0 radical (unpaired) electrons. The summed E-state index contributed by atoms with van der Waals surface area (Å²) in [4.78, 5) is 0. The summed E-state index contributed by atoms with van der Waals surface area (Å²) in [6.45, 7) is 2.96. The summed E-state index contributed by atoms with van der Waals surface area (Å²) < 4.78 is 6.69. The molecule has 0 spiro atoms. The fraction of sp³-hybridized carbons (Fsp3) is 0.538. The smallest absolute Gasteiger partial charge is 0.139 e. The lowest BCUT2D eigenvalue weighted by Crippen LogP contribution is -2.32. The minimum atomic E-state index is 0.125. The van der Waals surface area contributed by atoms with Gasteiger partial charge in [-0.1, -0.05) is 30.1 Å². The zero-order valence-corrected chi connectivity index (χ0v) is 13.3. The summed E-state index contributed by atoms with van der Waals surface area (Å²) in [5.74, 6) is 0.648. The normalized spacial score (nSPS) is 16.7. The van der Waals surface area contributed by atoms with Gasteiger partial charge in [-0.05, 0) is 41.3 Å². The van der Waals surface area contributed by atoms with E-state index in [9.17, 15) is 0 Å². The molecule has 1 aliphatic rings. The van der Waals surface area contributed by atoms with E-state index in [1.807, 2.05) is 0 Å². The van der Waals surface area contributed by atoms with Crippen molar-refractivity contribution in [3.8, 4) is 5.75 Å². The van der Waals surface area contributed by atoms with Gasteiger partial charge in [-0.15, -0.1) is 0 Å². The van der Waals surface area contributed by atoms with E-state index >= 15 is 0 Å². The first kappa shape index (κ1) is 14.4. The van der Waals surface area contributed by atoms with Crippen molar-refractivity contribution in [3.63, 3.8) is 0 Å². The number of benzene rings is 1. The average molecular weight is 353 g/mol. The lowest BCUT2D eigenvalue weighted by molar-refractivity contribution is 0.193. The third-order valence-electron chi connectivity index (χ3n) is 2.94. The quantitative estimate of drug-likeness (QED) is 0.751. The summed E-state index contributed by atoms with van der Waals surface area (Å²) in [5.41, 5.74) is 0. The lowest BCUT2D eigenvalue weighted by Gasteiger charge is -2.19. The monoisotopic (exact) mass is 351 g/mol. The molecule has 1 aromatic carbocycles. The van der Waals surface area contributed by atoms with Crippen molar-refractivity contribution in [3.05, 3.63) is 26.7 Å². The maximum atomic E-state index is 6.14. The van der Waals surface area contributed by atoms with E-state index in [1.165, 1.54) is 12.8 Å². The Bertz CT molecular complexity index is 424. The number of hydrogen-bond acceptors (Lipinski definition) is 2. The number of hydrogen-bond donors (Lipinski definition) is 1. The van der Waals surface area contributed by atoms with Crippen LogP contribution >= 0.6 is 39.1 Å². The number of ether oxygens (including phenoxy) is 1. The Morgan fingerprint density at radius 2 is 2.11 bits per heavy atom. The molecule has 1 atom stereocenters. The molecule has 1 unspecified atom stereocenters. The second kappa shape index (κ2) is 6.47. The van der Waals surface area contributed by atoms with Crippen LogP contribution in [-0.2, 0) is 0 Å². The molecular weight excluding hydrogens is 337 g/mol. The maximum absolute atomic E-state index is 6.14. The molecule has 2 rings (SSSR count). The Kier molecular flexibility index (Phi) is 5.19. The van der Waals surface area contributed by atoms with E-state index in [-0.39, 0.29) is 6.10 Å². The van der Waals surface area contributed by atoms with Crippen LogP contribution in [-0.4, -0.2) is 18.7 Å². The van der Waals surface area contributed by atoms with Crippen LogP contribution in [0.4, 0.5) is 0 Å². The molecule has 18 heavy (non-hydrogen) atoms. The summed E-state index contributed by atoms with van der Waals surface area (Å²) in [7, 11) is 0. The van der Waals surface area contributed by atoms with E-state index < -0.39 is 0 Å². The first-order chi connectivity index (χ1) is 8.60. The first-order valence-corrected chi connectivity index (χ1v) is 7.69. The average Bonchev–Trinajstić information content (AvgIpc) is 3.14. The molecule has 0 amide bonds. The van der Waals surface area contributed by atoms with E-state index in [4.69, 9.17) is 27.9 Å². The van der Waals surface area contributed by atoms with Crippen LogP contribution in [0.25, 0.3) is 0 Å². The molecule has 100 valence electrons.